The fourth-order valence-corrected chi connectivity index (χ4v) is 2.83. The number of carbonyl (C=O) groups is 3. The van der Waals surface area contributed by atoms with Crippen LogP contribution in [0, 0.1) is 0 Å². The van der Waals surface area contributed by atoms with Crippen molar-refractivity contribution in [2.24, 2.45) is 5.73 Å². The van der Waals surface area contributed by atoms with Crippen molar-refractivity contribution in [3.05, 3.63) is 24.3 Å². The number of carbonyl (C=O) groups excluding carboxylic acids is 3. The average molecular weight is 346 g/mol. The minimum Gasteiger partial charge on any atom is -0.370 e. The lowest BCUT2D eigenvalue weighted by Gasteiger charge is -2.29. The standard InChI is InChI=1S/C17H22N4O4/c18-16(23)15(19-11-2-1-3-11)17(24)20-12-4-6-13(7-5-12)21-8-9-25-10-14(21)22/h4-7,11,15,19H,1-3,8-10H2,(H2,18,23)(H,20,24)/t15-/m0/s1. The quantitative estimate of drug-likeness (QED) is 0.627. The van der Waals surface area contributed by atoms with E-state index in [0.717, 1.165) is 24.9 Å². The molecule has 1 heterocycles. The summed E-state index contributed by atoms with van der Waals surface area (Å²) in [7, 11) is 0. The predicted molar refractivity (Wildman–Crippen MR) is 92.0 cm³/mol. The second kappa shape index (κ2) is 7.62. The molecule has 1 atom stereocenters. The Morgan fingerprint density at radius 3 is 2.52 bits per heavy atom. The van der Waals surface area contributed by atoms with Gasteiger partial charge in [-0.05, 0) is 37.1 Å². The third-order valence-electron chi connectivity index (χ3n) is 4.49. The van der Waals surface area contributed by atoms with Crippen molar-refractivity contribution < 1.29 is 19.1 Å². The number of primary amides is 1. The largest absolute Gasteiger partial charge is 0.370 e. The van der Waals surface area contributed by atoms with Gasteiger partial charge in [-0.1, -0.05) is 6.42 Å². The zero-order valence-electron chi connectivity index (χ0n) is 13.9. The van der Waals surface area contributed by atoms with Crippen molar-refractivity contribution >= 4 is 29.1 Å². The summed E-state index contributed by atoms with van der Waals surface area (Å²) in [6.07, 6.45) is 2.98. The molecule has 1 saturated carbocycles. The van der Waals surface area contributed by atoms with Crippen molar-refractivity contribution in [1.82, 2.24) is 5.32 Å². The number of hydrogen-bond donors (Lipinski definition) is 3. The van der Waals surface area contributed by atoms with Gasteiger partial charge in [0.1, 0.15) is 6.61 Å². The summed E-state index contributed by atoms with van der Waals surface area (Å²) in [6, 6.07) is 5.99. The van der Waals surface area contributed by atoms with Gasteiger partial charge in [-0.2, -0.15) is 0 Å². The van der Waals surface area contributed by atoms with Gasteiger partial charge in [-0.25, -0.2) is 0 Å². The van der Waals surface area contributed by atoms with Crippen LogP contribution in [0.3, 0.4) is 0 Å². The van der Waals surface area contributed by atoms with Gasteiger partial charge in [0.05, 0.1) is 6.61 Å². The Morgan fingerprint density at radius 2 is 1.96 bits per heavy atom. The number of hydrogen-bond acceptors (Lipinski definition) is 5. The van der Waals surface area contributed by atoms with Crippen LogP contribution in [0.2, 0.25) is 0 Å². The van der Waals surface area contributed by atoms with E-state index in [9.17, 15) is 14.4 Å². The smallest absolute Gasteiger partial charge is 0.253 e. The first-order chi connectivity index (χ1) is 12.0. The molecule has 0 aromatic heterocycles. The molecule has 8 nitrogen and oxygen atoms in total. The number of nitrogens with two attached hydrogens (primary N) is 1. The molecule has 1 aromatic rings. The molecule has 3 rings (SSSR count). The Bertz CT molecular complexity index is 657. The first kappa shape index (κ1) is 17.4. The van der Waals surface area contributed by atoms with E-state index >= 15 is 0 Å². The highest BCUT2D eigenvalue weighted by Gasteiger charge is 2.29. The van der Waals surface area contributed by atoms with Crippen LogP contribution in [-0.4, -0.2) is 49.6 Å². The van der Waals surface area contributed by atoms with Gasteiger partial charge in [-0.3, -0.25) is 19.7 Å². The summed E-state index contributed by atoms with van der Waals surface area (Å²) < 4.78 is 5.11. The van der Waals surface area contributed by atoms with E-state index < -0.39 is 17.9 Å². The van der Waals surface area contributed by atoms with Crippen molar-refractivity contribution in [1.29, 1.82) is 0 Å². The number of amides is 3. The Labute approximate surface area is 145 Å². The van der Waals surface area contributed by atoms with Gasteiger partial charge in [0.25, 0.3) is 11.8 Å². The number of nitrogens with zero attached hydrogens (tertiary/aromatic N) is 1. The van der Waals surface area contributed by atoms with Gasteiger partial charge < -0.3 is 20.7 Å². The molecule has 0 radical (unpaired) electrons. The van der Waals surface area contributed by atoms with Gasteiger partial charge >= 0.3 is 0 Å². The molecule has 1 aliphatic heterocycles. The molecule has 4 N–H and O–H groups in total. The van der Waals surface area contributed by atoms with Crippen LogP contribution in [0.4, 0.5) is 11.4 Å². The lowest BCUT2D eigenvalue weighted by atomic mass is 9.92. The van der Waals surface area contributed by atoms with Crippen LogP contribution in [0.25, 0.3) is 0 Å². The molecule has 0 unspecified atom stereocenters. The highest BCUT2D eigenvalue weighted by Crippen LogP contribution is 2.21. The molecule has 1 aromatic carbocycles. The summed E-state index contributed by atoms with van der Waals surface area (Å²) >= 11 is 0. The van der Waals surface area contributed by atoms with E-state index in [2.05, 4.69) is 10.6 Å². The Hall–Kier alpha value is -2.45. The fraction of sp³-hybridized carbons (Fsp3) is 0.471. The average Bonchev–Trinajstić information content (AvgIpc) is 2.54. The van der Waals surface area contributed by atoms with E-state index in [1.54, 1.807) is 29.2 Å². The normalized spacial score (nSPS) is 19.2. The van der Waals surface area contributed by atoms with Gasteiger partial charge in [0.15, 0.2) is 6.04 Å². The molecule has 3 amide bonds. The zero-order chi connectivity index (χ0) is 17.8. The topological polar surface area (TPSA) is 114 Å². The van der Waals surface area contributed by atoms with Crippen LogP contribution >= 0.6 is 0 Å². The molecular formula is C17H22N4O4. The summed E-state index contributed by atoms with van der Waals surface area (Å²) in [5.41, 5.74) is 6.62. The third kappa shape index (κ3) is 4.15. The fourth-order valence-electron chi connectivity index (χ4n) is 2.83. The number of nitrogens with one attached hydrogen (secondary N) is 2. The zero-order valence-corrected chi connectivity index (χ0v) is 13.9. The van der Waals surface area contributed by atoms with Gasteiger partial charge in [0, 0.05) is 24.0 Å². The first-order valence-corrected chi connectivity index (χ1v) is 8.39. The lowest BCUT2D eigenvalue weighted by Crippen LogP contribution is -2.54. The number of anilines is 2. The second-order valence-corrected chi connectivity index (χ2v) is 6.26. The molecule has 134 valence electrons. The highest BCUT2D eigenvalue weighted by atomic mass is 16.5. The maximum Gasteiger partial charge on any atom is 0.253 e. The Balaban J connectivity index is 1.62. The maximum absolute atomic E-state index is 12.3. The summed E-state index contributed by atoms with van der Waals surface area (Å²) in [6.45, 7) is 1.07. The van der Waals surface area contributed by atoms with Crippen molar-refractivity contribution in [3.63, 3.8) is 0 Å². The molecule has 0 bridgehead atoms. The van der Waals surface area contributed by atoms with Gasteiger partial charge in [-0.15, -0.1) is 0 Å². The summed E-state index contributed by atoms with van der Waals surface area (Å²) in [5.74, 6) is -1.27. The maximum atomic E-state index is 12.3. The predicted octanol–water partition coefficient (Wildman–Crippen LogP) is -0.0157. The minimum absolute atomic E-state index is 0.0750. The SMILES string of the molecule is NC(=O)[C@H](NC1CCC1)C(=O)Nc1ccc(N2CCOCC2=O)cc1. The number of rotatable bonds is 6. The summed E-state index contributed by atoms with van der Waals surface area (Å²) in [5, 5.41) is 5.68. The summed E-state index contributed by atoms with van der Waals surface area (Å²) in [4.78, 5) is 37.3. The molecule has 8 heteroatoms. The molecule has 2 aliphatic rings. The van der Waals surface area contributed by atoms with Crippen molar-refractivity contribution in [2.45, 2.75) is 31.3 Å². The Morgan fingerprint density at radius 1 is 1.24 bits per heavy atom. The minimum atomic E-state index is -1.05. The number of ether oxygens (including phenoxy) is 1. The van der Waals surface area contributed by atoms with Crippen molar-refractivity contribution in [2.75, 3.05) is 30.0 Å². The Kier molecular flexibility index (Phi) is 5.30. The number of benzene rings is 1. The van der Waals surface area contributed by atoms with E-state index in [1.807, 2.05) is 0 Å². The van der Waals surface area contributed by atoms with Crippen molar-refractivity contribution in [3.8, 4) is 0 Å². The molecule has 2 fully saturated rings. The van der Waals surface area contributed by atoms with Crippen LogP contribution in [-0.2, 0) is 19.1 Å². The molecule has 1 saturated heterocycles. The highest BCUT2D eigenvalue weighted by molar-refractivity contribution is 6.09. The molecule has 25 heavy (non-hydrogen) atoms. The van der Waals surface area contributed by atoms with Crippen LogP contribution in [0.15, 0.2) is 24.3 Å². The van der Waals surface area contributed by atoms with E-state index in [1.165, 1.54) is 0 Å². The van der Waals surface area contributed by atoms with E-state index in [4.69, 9.17) is 10.5 Å². The van der Waals surface area contributed by atoms with E-state index in [0.29, 0.717) is 18.8 Å². The first-order valence-electron chi connectivity index (χ1n) is 8.39. The van der Waals surface area contributed by atoms with Crippen LogP contribution < -0.4 is 21.3 Å². The lowest BCUT2D eigenvalue weighted by molar-refractivity contribution is -0.128. The second-order valence-electron chi connectivity index (χ2n) is 6.26. The van der Waals surface area contributed by atoms with Crippen LogP contribution in [0.5, 0.6) is 0 Å². The molecule has 0 spiro atoms. The molecule has 1 aliphatic carbocycles. The monoisotopic (exact) mass is 346 g/mol. The third-order valence-corrected chi connectivity index (χ3v) is 4.49. The molecular weight excluding hydrogens is 324 g/mol. The van der Waals surface area contributed by atoms with Gasteiger partial charge in [0.2, 0.25) is 5.91 Å². The van der Waals surface area contributed by atoms with Crippen LogP contribution in [0.1, 0.15) is 19.3 Å². The number of morpholine rings is 1. The van der Waals surface area contributed by atoms with E-state index in [-0.39, 0.29) is 18.6 Å².